The molecule has 3 N–H and O–H groups in total. The Morgan fingerprint density at radius 3 is 2.77 bits per heavy atom. The Hall–Kier alpha value is -1.63. The van der Waals surface area contributed by atoms with Gasteiger partial charge in [-0.15, -0.1) is 12.4 Å². The molecule has 26 heavy (non-hydrogen) atoms. The normalized spacial score (nSPS) is 15.9. The zero-order valence-corrected chi connectivity index (χ0v) is 16.1. The van der Waals surface area contributed by atoms with Crippen molar-refractivity contribution in [3.8, 4) is 11.4 Å². The van der Waals surface area contributed by atoms with Gasteiger partial charge >= 0.3 is 0 Å². The van der Waals surface area contributed by atoms with Crippen molar-refractivity contribution in [2.45, 2.75) is 45.1 Å². The van der Waals surface area contributed by atoms with Crippen molar-refractivity contribution in [2.24, 2.45) is 11.1 Å². The Morgan fingerprint density at radius 1 is 1.31 bits per heavy atom. The first kappa shape index (κ1) is 20.7. The van der Waals surface area contributed by atoms with Crippen molar-refractivity contribution in [2.75, 3.05) is 6.54 Å². The van der Waals surface area contributed by atoms with E-state index in [1.54, 1.807) is 12.1 Å². The van der Waals surface area contributed by atoms with E-state index in [9.17, 15) is 4.79 Å². The van der Waals surface area contributed by atoms with Crippen LogP contribution in [0.2, 0.25) is 5.02 Å². The number of aromatic nitrogens is 2. The third-order valence-corrected chi connectivity index (χ3v) is 5.11. The smallest absolute Gasteiger partial charge is 0.246 e. The van der Waals surface area contributed by atoms with Crippen LogP contribution in [0.15, 0.2) is 28.8 Å². The lowest BCUT2D eigenvalue weighted by Gasteiger charge is -2.35. The first-order chi connectivity index (χ1) is 12.1. The molecule has 0 spiro atoms. The molecule has 1 fully saturated rings. The third-order valence-electron chi connectivity index (χ3n) is 4.87. The summed E-state index contributed by atoms with van der Waals surface area (Å²) in [5, 5.41) is 7.41. The largest absolute Gasteiger partial charge is 0.347 e. The minimum Gasteiger partial charge on any atom is -0.347 e. The van der Waals surface area contributed by atoms with Crippen molar-refractivity contribution in [3.63, 3.8) is 0 Å². The van der Waals surface area contributed by atoms with Crippen LogP contribution in [0, 0.1) is 5.41 Å². The molecule has 1 aliphatic carbocycles. The number of carbonyl (C=O) groups excluding carboxylic acids is 1. The fourth-order valence-corrected chi connectivity index (χ4v) is 3.59. The van der Waals surface area contributed by atoms with E-state index in [1.807, 2.05) is 12.1 Å². The van der Waals surface area contributed by atoms with E-state index in [1.165, 1.54) is 6.42 Å². The maximum atomic E-state index is 12.3. The molecule has 6 nitrogen and oxygen atoms in total. The topological polar surface area (TPSA) is 94.0 Å². The van der Waals surface area contributed by atoms with Crippen molar-refractivity contribution < 1.29 is 9.32 Å². The molecule has 8 heteroatoms. The van der Waals surface area contributed by atoms with Gasteiger partial charge in [0.05, 0.1) is 6.54 Å². The molecule has 0 atom stereocenters. The number of carbonyl (C=O) groups is 1. The minimum atomic E-state index is -0.0525. The predicted molar refractivity (Wildman–Crippen MR) is 103 cm³/mol. The second-order valence-corrected chi connectivity index (χ2v) is 7.18. The molecule has 1 heterocycles. The molecule has 0 bridgehead atoms. The van der Waals surface area contributed by atoms with Gasteiger partial charge in [-0.25, -0.2) is 0 Å². The highest BCUT2D eigenvalue weighted by atomic mass is 35.5. The van der Waals surface area contributed by atoms with E-state index in [0.29, 0.717) is 29.7 Å². The Kier molecular flexibility index (Phi) is 7.43. The van der Waals surface area contributed by atoms with E-state index in [4.69, 9.17) is 21.9 Å². The van der Waals surface area contributed by atoms with Crippen molar-refractivity contribution in [1.29, 1.82) is 0 Å². The van der Waals surface area contributed by atoms with Crippen LogP contribution in [-0.2, 0) is 11.3 Å². The van der Waals surface area contributed by atoms with E-state index in [2.05, 4.69) is 15.5 Å². The van der Waals surface area contributed by atoms with E-state index >= 15 is 0 Å². The molecule has 0 unspecified atom stereocenters. The van der Waals surface area contributed by atoms with Crippen molar-refractivity contribution >= 4 is 29.9 Å². The van der Waals surface area contributed by atoms with Gasteiger partial charge in [-0.2, -0.15) is 4.98 Å². The fourth-order valence-electron chi connectivity index (χ4n) is 3.40. The van der Waals surface area contributed by atoms with Crippen LogP contribution in [0.1, 0.15) is 44.4 Å². The highest BCUT2D eigenvalue weighted by molar-refractivity contribution is 6.30. The quantitative estimate of drug-likeness (QED) is 0.772. The molecule has 0 radical (unpaired) electrons. The summed E-state index contributed by atoms with van der Waals surface area (Å²) in [5.41, 5.74) is 6.67. The predicted octanol–water partition coefficient (Wildman–Crippen LogP) is 3.73. The first-order valence-electron chi connectivity index (χ1n) is 8.66. The lowest BCUT2D eigenvalue weighted by Crippen LogP contribution is -2.38. The third kappa shape index (κ3) is 5.19. The molecule has 1 aliphatic rings. The Bertz CT molecular complexity index is 729. The van der Waals surface area contributed by atoms with Crippen molar-refractivity contribution in [3.05, 3.63) is 35.2 Å². The molecular weight excluding hydrogens is 375 g/mol. The minimum absolute atomic E-state index is 0. The van der Waals surface area contributed by atoms with E-state index in [0.717, 1.165) is 31.2 Å². The highest BCUT2D eigenvalue weighted by Crippen LogP contribution is 2.38. The zero-order chi connectivity index (χ0) is 17.7. The average molecular weight is 399 g/mol. The molecule has 0 saturated heterocycles. The number of nitrogens with zero attached hydrogens (tertiary/aromatic N) is 2. The maximum Gasteiger partial charge on any atom is 0.246 e. The second-order valence-electron chi connectivity index (χ2n) is 6.74. The number of nitrogens with two attached hydrogens (primary N) is 1. The van der Waals surface area contributed by atoms with Gasteiger partial charge in [-0.3, -0.25) is 4.79 Å². The van der Waals surface area contributed by atoms with Gasteiger partial charge in [0.25, 0.3) is 0 Å². The van der Waals surface area contributed by atoms with Crippen LogP contribution in [0.4, 0.5) is 0 Å². The molecule has 1 saturated carbocycles. The summed E-state index contributed by atoms with van der Waals surface area (Å²) in [7, 11) is 0. The van der Waals surface area contributed by atoms with Crippen LogP contribution in [0.3, 0.4) is 0 Å². The maximum absolute atomic E-state index is 12.3. The first-order valence-corrected chi connectivity index (χ1v) is 9.03. The van der Waals surface area contributed by atoms with Crippen LogP contribution < -0.4 is 11.1 Å². The molecule has 1 amide bonds. The number of rotatable bonds is 6. The average Bonchev–Trinajstić information content (AvgIpc) is 3.10. The van der Waals surface area contributed by atoms with E-state index < -0.39 is 0 Å². The summed E-state index contributed by atoms with van der Waals surface area (Å²) in [5.74, 6) is 0.807. The van der Waals surface area contributed by atoms with Gasteiger partial charge < -0.3 is 15.6 Å². The number of amides is 1. The highest BCUT2D eigenvalue weighted by Gasteiger charge is 2.32. The summed E-state index contributed by atoms with van der Waals surface area (Å²) >= 11 is 5.97. The number of halogens is 2. The van der Waals surface area contributed by atoms with Gasteiger partial charge in [-0.1, -0.05) is 48.2 Å². The molecule has 1 aromatic carbocycles. The number of benzene rings is 1. The van der Waals surface area contributed by atoms with Gasteiger partial charge in [0.15, 0.2) is 0 Å². The molecule has 0 aliphatic heterocycles. The lowest BCUT2D eigenvalue weighted by molar-refractivity contribution is -0.124. The van der Waals surface area contributed by atoms with Crippen LogP contribution in [-0.4, -0.2) is 22.6 Å². The zero-order valence-electron chi connectivity index (χ0n) is 14.5. The van der Waals surface area contributed by atoms with Crippen LogP contribution in [0.25, 0.3) is 11.4 Å². The van der Waals surface area contributed by atoms with E-state index in [-0.39, 0.29) is 30.3 Å². The molecule has 142 valence electrons. The Balaban J connectivity index is 0.00000243. The monoisotopic (exact) mass is 398 g/mol. The Labute approximate surface area is 164 Å². The summed E-state index contributed by atoms with van der Waals surface area (Å²) < 4.78 is 5.21. The number of nitrogens with one attached hydrogen (secondary N) is 1. The van der Waals surface area contributed by atoms with Crippen LogP contribution in [0.5, 0.6) is 0 Å². The molecule has 1 aromatic heterocycles. The molecule has 2 aromatic rings. The van der Waals surface area contributed by atoms with Crippen LogP contribution >= 0.6 is 24.0 Å². The van der Waals surface area contributed by atoms with Gasteiger partial charge in [0.1, 0.15) is 0 Å². The molecule has 3 rings (SSSR count). The second kappa shape index (κ2) is 9.35. The number of hydrogen-bond acceptors (Lipinski definition) is 5. The summed E-state index contributed by atoms with van der Waals surface area (Å²) in [6.45, 7) is 0.771. The summed E-state index contributed by atoms with van der Waals surface area (Å²) in [6, 6.07) is 7.23. The van der Waals surface area contributed by atoms with Crippen molar-refractivity contribution in [1.82, 2.24) is 15.5 Å². The molecular formula is C18H24Cl2N4O2. The summed E-state index contributed by atoms with van der Waals surface area (Å²) in [4.78, 5) is 16.6. The van der Waals surface area contributed by atoms with Gasteiger partial charge in [0.2, 0.25) is 17.6 Å². The van der Waals surface area contributed by atoms with Gasteiger partial charge in [-0.05, 0) is 36.9 Å². The number of hydrogen-bond donors (Lipinski definition) is 2. The fraction of sp³-hybridized carbons (Fsp3) is 0.500. The standard InChI is InChI=1S/C18H23ClN4O2.ClH/c19-14-6-4-5-13(9-14)17-22-16(25-23-17)11-21-15(24)10-18(12-20)7-2-1-3-8-18;/h4-6,9H,1-3,7-8,10-12,20H2,(H,21,24);1H. The van der Waals surface area contributed by atoms with Gasteiger partial charge in [0, 0.05) is 17.0 Å². The Morgan fingerprint density at radius 2 is 2.08 bits per heavy atom. The summed E-state index contributed by atoms with van der Waals surface area (Å²) in [6.07, 6.45) is 6.04. The SMILES string of the molecule is Cl.NCC1(CC(=O)NCc2nc(-c3cccc(Cl)c3)no2)CCCCC1. The lowest BCUT2D eigenvalue weighted by atomic mass is 9.71.